The molecule has 0 aliphatic heterocycles. The molecule has 0 bridgehead atoms. The van der Waals surface area contributed by atoms with Crippen molar-refractivity contribution in [2.45, 2.75) is 26.8 Å². The van der Waals surface area contributed by atoms with E-state index in [2.05, 4.69) is 60.2 Å². The molecule has 0 aliphatic carbocycles. The second-order valence-corrected chi connectivity index (χ2v) is 5.58. The lowest BCUT2D eigenvalue weighted by atomic mass is 10.2. The Morgan fingerprint density at radius 2 is 1.96 bits per heavy atom. The smallest absolute Gasteiger partial charge is 0.137 e. The fourth-order valence-electron chi connectivity index (χ4n) is 2.48. The van der Waals surface area contributed by atoms with E-state index >= 15 is 0 Å². The van der Waals surface area contributed by atoms with Gasteiger partial charge >= 0.3 is 0 Å². The van der Waals surface area contributed by atoms with Gasteiger partial charge < -0.3 is 14.5 Å². The van der Waals surface area contributed by atoms with Crippen LogP contribution < -0.4 is 10.1 Å². The Morgan fingerprint density at radius 1 is 1.13 bits per heavy atom. The molecule has 0 saturated carbocycles. The number of benzene rings is 1. The summed E-state index contributed by atoms with van der Waals surface area (Å²) in [6.07, 6.45) is 5.15. The van der Waals surface area contributed by atoms with E-state index in [0.29, 0.717) is 0 Å². The van der Waals surface area contributed by atoms with Crippen molar-refractivity contribution in [1.82, 2.24) is 14.7 Å². The third kappa shape index (κ3) is 3.71. The molecule has 0 fully saturated rings. The SMILES string of the molecule is CCCOc1ccc(-c2cn3ccc(CNCC)cc3n2)cc1. The summed E-state index contributed by atoms with van der Waals surface area (Å²) >= 11 is 0. The molecule has 3 rings (SSSR count). The van der Waals surface area contributed by atoms with E-state index in [0.717, 1.165) is 48.8 Å². The average Bonchev–Trinajstić information content (AvgIpc) is 3.01. The van der Waals surface area contributed by atoms with Crippen LogP contribution in [-0.2, 0) is 6.54 Å². The Labute approximate surface area is 137 Å². The van der Waals surface area contributed by atoms with E-state index in [1.165, 1.54) is 5.56 Å². The van der Waals surface area contributed by atoms with Gasteiger partial charge in [0.1, 0.15) is 11.4 Å². The minimum absolute atomic E-state index is 0.752. The lowest BCUT2D eigenvalue weighted by Gasteiger charge is -2.04. The molecule has 4 nitrogen and oxygen atoms in total. The number of nitrogens with one attached hydrogen (secondary N) is 1. The van der Waals surface area contributed by atoms with E-state index in [1.807, 2.05) is 12.1 Å². The molecule has 0 radical (unpaired) electrons. The van der Waals surface area contributed by atoms with Crippen LogP contribution in [0.4, 0.5) is 0 Å². The second kappa shape index (κ2) is 7.29. The molecule has 0 atom stereocenters. The van der Waals surface area contributed by atoms with Gasteiger partial charge in [-0.25, -0.2) is 4.98 Å². The Balaban J connectivity index is 1.82. The monoisotopic (exact) mass is 309 g/mol. The normalized spacial score (nSPS) is 11.0. The molecule has 2 aromatic heterocycles. The van der Waals surface area contributed by atoms with Crippen LogP contribution >= 0.6 is 0 Å². The molecule has 0 spiro atoms. The molecule has 120 valence electrons. The van der Waals surface area contributed by atoms with Gasteiger partial charge in [0.05, 0.1) is 12.3 Å². The highest BCUT2D eigenvalue weighted by Crippen LogP contribution is 2.22. The van der Waals surface area contributed by atoms with Gasteiger partial charge in [0.2, 0.25) is 0 Å². The van der Waals surface area contributed by atoms with E-state index in [-0.39, 0.29) is 0 Å². The predicted octanol–water partition coefficient (Wildman–Crippen LogP) is 3.90. The van der Waals surface area contributed by atoms with Crippen molar-refractivity contribution < 1.29 is 4.74 Å². The number of pyridine rings is 1. The van der Waals surface area contributed by atoms with Crippen molar-refractivity contribution in [1.29, 1.82) is 0 Å². The van der Waals surface area contributed by atoms with Crippen LogP contribution in [0, 0.1) is 0 Å². The van der Waals surface area contributed by atoms with Crippen molar-refractivity contribution in [2.75, 3.05) is 13.2 Å². The van der Waals surface area contributed by atoms with Gasteiger partial charge in [-0.3, -0.25) is 0 Å². The van der Waals surface area contributed by atoms with Gasteiger partial charge in [-0.1, -0.05) is 13.8 Å². The Hall–Kier alpha value is -2.33. The number of nitrogens with zero attached hydrogens (tertiary/aromatic N) is 2. The van der Waals surface area contributed by atoms with Crippen LogP contribution in [0.1, 0.15) is 25.8 Å². The van der Waals surface area contributed by atoms with Gasteiger partial charge in [-0.15, -0.1) is 0 Å². The lowest BCUT2D eigenvalue weighted by Crippen LogP contribution is -2.11. The second-order valence-electron chi connectivity index (χ2n) is 5.58. The predicted molar refractivity (Wildman–Crippen MR) is 93.8 cm³/mol. The van der Waals surface area contributed by atoms with Gasteiger partial charge in [-0.05, 0) is 54.9 Å². The number of ether oxygens (including phenoxy) is 1. The Kier molecular flexibility index (Phi) is 4.93. The highest BCUT2D eigenvalue weighted by molar-refractivity contribution is 5.63. The first kappa shape index (κ1) is 15.6. The quantitative estimate of drug-likeness (QED) is 0.719. The number of rotatable bonds is 7. The first-order chi connectivity index (χ1) is 11.3. The molecule has 0 saturated heterocycles. The first-order valence-corrected chi connectivity index (χ1v) is 8.21. The van der Waals surface area contributed by atoms with Crippen LogP contribution in [0.2, 0.25) is 0 Å². The summed E-state index contributed by atoms with van der Waals surface area (Å²) in [4.78, 5) is 4.74. The summed E-state index contributed by atoms with van der Waals surface area (Å²) in [5, 5.41) is 3.34. The van der Waals surface area contributed by atoms with Gasteiger partial charge in [0.15, 0.2) is 0 Å². The van der Waals surface area contributed by atoms with Crippen LogP contribution in [0.15, 0.2) is 48.8 Å². The molecule has 0 aliphatic rings. The van der Waals surface area contributed by atoms with Crippen molar-refractivity contribution in [3.05, 3.63) is 54.4 Å². The average molecular weight is 309 g/mol. The molecule has 4 heteroatoms. The van der Waals surface area contributed by atoms with Gasteiger partial charge in [0.25, 0.3) is 0 Å². The zero-order valence-electron chi connectivity index (χ0n) is 13.7. The number of hydrogen-bond acceptors (Lipinski definition) is 3. The molecule has 23 heavy (non-hydrogen) atoms. The number of fused-ring (bicyclic) bond motifs is 1. The summed E-state index contributed by atoms with van der Waals surface area (Å²) in [5.41, 5.74) is 4.31. The van der Waals surface area contributed by atoms with E-state index < -0.39 is 0 Å². The summed E-state index contributed by atoms with van der Waals surface area (Å²) in [7, 11) is 0. The van der Waals surface area contributed by atoms with Crippen LogP contribution in [0.25, 0.3) is 16.9 Å². The van der Waals surface area contributed by atoms with Crippen LogP contribution in [0.3, 0.4) is 0 Å². The highest BCUT2D eigenvalue weighted by atomic mass is 16.5. The maximum atomic E-state index is 5.63. The van der Waals surface area contributed by atoms with Gasteiger partial charge in [-0.2, -0.15) is 0 Å². The number of imidazole rings is 1. The summed E-state index contributed by atoms with van der Waals surface area (Å²) < 4.78 is 7.69. The molecule has 1 aromatic carbocycles. The minimum Gasteiger partial charge on any atom is -0.494 e. The summed E-state index contributed by atoms with van der Waals surface area (Å²) in [5.74, 6) is 0.910. The Bertz CT molecular complexity index is 762. The molecule has 1 N–H and O–H groups in total. The fraction of sp³-hybridized carbons (Fsp3) is 0.316. The number of aromatic nitrogens is 2. The molecular weight excluding hydrogens is 286 g/mol. The summed E-state index contributed by atoms with van der Waals surface area (Å²) in [6.45, 7) is 6.81. The third-order valence-corrected chi connectivity index (χ3v) is 3.73. The van der Waals surface area contributed by atoms with Crippen molar-refractivity contribution in [3.63, 3.8) is 0 Å². The van der Waals surface area contributed by atoms with Crippen LogP contribution in [0.5, 0.6) is 5.75 Å². The fourth-order valence-corrected chi connectivity index (χ4v) is 2.48. The van der Waals surface area contributed by atoms with E-state index in [1.54, 1.807) is 0 Å². The van der Waals surface area contributed by atoms with Gasteiger partial charge in [0, 0.05) is 24.5 Å². The van der Waals surface area contributed by atoms with Crippen molar-refractivity contribution >= 4 is 5.65 Å². The molecule has 0 amide bonds. The first-order valence-electron chi connectivity index (χ1n) is 8.21. The Morgan fingerprint density at radius 3 is 2.70 bits per heavy atom. The number of hydrogen-bond donors (Lipinski definition) is 1. The maximum absolute atomic E-state index is 5.63. The topological polar surface area (TPSA) is 38.6 Å². The molecule has 0 unspecified atom stereocenters. The molecule has 2 heterocycles. The largest absolute Gasteiger partial charge is 0.494 e. The van der Waals surface area contributed by atoms with Crippen LogP contribution in [-0.4, -0.2) is 22.5 Å². The molecular formula is C19H23N3O. The molecule has 3 aromatic rings. The summed E-state index contributed by atoms with van der Waals surface area (Å²) in [6, 6.07) is 12.4. The highest BCUT2D eigenvalue weighted by Gasteiger charge is 2.05. The van der Waals surface area contributed by atoms with Crippen molar-refractivity contribution in [2.24, 2.45) is 0 Å². The standard InChI is InChI=1S/C19H23N3O/c1-3-11-23-17-7-5-16(6-8-17)18-14-22-10-9-15(13-20-4-2)12-19(22)21-18/h5-10,12,14,20H,3-4,11,13H2,1-2H3. The van der Waals surface area contributed by atoms with E-state index in [4.69, 9.17) is 9.72 Å². The zero-order valence-corrected chi connectivity index (χ0v) is 13.7. The minimum atomic E-state index is 0.752. The zero-order chi connectivity index (χ0) is 16.1. The lowest BCUT2D eigenvalue weighted by molar-refractivity contribution is 0.317. The van der Waals surface area contributed by atoms with E-state index in [9.17, 15) is 0 Å². The van der Waals surface area contributed by atoms with Crippen molar-refractivity contribution in [3.8, 4) is 17.0 Å². The third-order valence-electron chi connectivity index (χ3n) is 3.73. The maximum Gasteiger partial charge on any atom is 0.137 e.